The van der Waals surface area contributed by atoms with Gasteiger partial charge < -0.3 is 15.3 Å². The standard InChI is InChI=1S/C14H20N2O2/c1-3-11-4-6-12(7-5-11)16-8-10(2)15-14(18)13(16)9-17/h4-7,10,13,17H,3,8-9H2,1-2H3,(H,15,18). The van der Waals surface area contributed by atoms with Crippen LogP contribution in [0, 0.1) is 0 Å². The van der Waals surface area contributed by atoms with Crippen LogP contribution in [0.25, 0.3) is 0 Å². The zero-order valence-electron chi connectivity index (χ0n) is 10.9. The van der Waals surface area contributed by atoms with Crippen LogP contribution in [0.4, 0.5) is 5.69 Å². The Kier molecular flexibility index (Phi) is 3.87. The lowest BCUT2D eigenvalue weighted by Gasteiger charge is -2.39. The van der Waals surface area contributed by atoms with Gasteiger partial charge in [-0.05, 0) is 31.0 Å². The first kappa shape index (κ1) is 12.9. The van der Waals surface area contributed by atoms with Gasteiger partial charge >= 0.3 is 0 Å². The summed E-state index contributed by atoms with van der Waals surface area (Å²) in [6, 6.07) is 7.81. The Bertz CT molecular complexity index is 416. The van der Waals surface area contributed by atoms with E-state index in [0.29, 0.717) is 0 Å². The van der Waals surface area contributed by atoms with Crippen molar-refractivity contribution in [2.45, 2.75) is 32.4 Å². The van der Waals surface area contributed by atoms with Gasteiger partial charge in [0.15, 0.2) is 0 Å². The predicted molar refractivity (Wildman–Crippen MR) is 71.6 cm³/mol. The topological polar surface area (TPSA) is 52.6 Å². The second-order valence-corrected chi connectivity index (χ2v) is 4.78. The number of nitrogens with one attached hydrogen (secondary N) is 1. The molecule has 1 aromatic carbocycles. The smallest absolute Gasteiger partial charge is 0.245 e. The summed E-state index contributed by atoms with van der Waals surface area (Å²) in [7, 11) is 0. The van der Waals surface area contributed by atoms with Crippen molar-refractivity contribution in [2.75, 3.05) is 18.1 Å². The van der Waals surface area contributed by atoms with Crippen molar-refractivity contribution in [3.8, 4) is 0 Å². The Balaban J connectivity index is 2.24. The van der Waals surface area contributed by atoms with Gasteiger partial charge in [-0.25, -0.2) is 0 Å². The number of piperazine rings is 1. The van der Waals surface area contributed by atoms with E-state index in [0.717, 1.165) is 18.7 Å². The van der Waals surface area contributed by atoms with E-state index in [1.807, 2.05) is 24.0 Å². The van der Waals surface area contributed by atoms with Crippen molar-refractivity contribution in [1.82, 2.24) is 5.32 Å². The second kappa shape index (κ2) is 5.40. The minimum absolute atomic E-state index is 0.101. The van der Waals surface area contributed by atoms with Gasteiger partial charge in [-0.15, -0.1) is 0 Å². The molecule has 0 aliphatic carbocycles. The van der Waals surface area contributed by atoms with Crippen LogP contribution in [-0.4, -0.2) is 36.2 Å². The molecule has 4 nitrogen and oxygen atoms in total. The number of hydrogen-bond donors (Lipinski definition) is 2. The van der Waals surface area contributed by atoms with E-state index in [1.54, 1.807) is 0 Å². The largest absolute Gasteiger partial charge is 0.394 e. The van der Waals surface area contributed by atoms with E-state index < -0.39 is 6.04 Å². The summed E-state index contributed by atoms with van der Waals surface area (Å²) >= 11 is 0. The van der Waals surface area contributed by atoms with Gasteiger partial charge in [-0.2, -0.15) is 0 Å². The summed E-state index contributed by atoms with van der Waals surface area (Å²) in [5.41, 5.74) is 2.27. The molecule has 98 valence electrons. The Labute approximate surface area is 108 Å². The molecule has 1 aromatic rings. The number of aliphatic hydroxyl groups is 1. The molecule has 0 radical (unpaired) electrons. The molecule has 1 heterocycles. The molecule has 1 aliphatic heterocycles. The molecule has 2 unspecified atom stereocenters. The van der Waals surface area contributed by atoms with Crippen molar-refractivity contribution in [2.24, 2.45) is 0 Å². The van der Waals surface area contributed by atoms with Crippen LogP contribution in [0.1, 0.15) is 19.4 Å². The lowest BCUT2D eigenvalue weighted by molar-refractivity contribution is -0.125. The zero-order valence-corrected chi connectivity index (χ0v) is 10.9. The van der Waals surface area contributed by atoms with Gasteiger partial charge in [0.2, 0.25) is 5.91 Å². The van der Waals surface area contributed by atoms with Crippen molar-refractivity contribution < 1.29 is 9.90 Å². The molecular formula is C14H20N2O2. The number of aliphatic hydroxyl groups excluding tert-OH is 1. The molecule has 4 heteroatoms. The molecule has 1 fully saturated rings. The minimum Gasteiger partial charge on any atom is -0.394 e. The average Bonchev–Trinajstić information content (AvgIpc) is 2.38. The van der Waals surface area contributed by atoms with Gasteiger partial charge in [0.1, 0.15) is 6.04 Å². The fourth-order valence-corrected chi connectivity index (χ4v) is 2.34. The third-order valence-corrected chi connectivity index (χ3v) is 3.39. The van der Waals surface area contributed by atoms with Gasteiger partial charge in [-0.1, -0.05) is 19.1 Å². The number of carbonyl (C=O) groups excluding carboxylic acids is 1. The number of rotatable bonds is 3. The van der Waals surface area contributed by atoms with E-state index in [9.17, 15) is 9.90 Å². The van der Waals surface area contributed by atoms with Gasteiger partial charge in [0.05, 0.1) is 6.61 Å². The molecule has 0 saturated carbocycles. The molecule has 18 heavy (non-hydrogen) atoms. The van der Waals surface area contributed by atoms with E-state index in [2.05, 4.69) is 24.4 Å². The first-order valence-corrected chi connectivity index (χ1v) is 6.42. The third-order valence-electron chi connectivity index (χ3n) is 3.39. The number of carbonyl (C=O) groups is 1. The lowest BCUT2D eigenvalue weighted by Crippen LogP contribution is -2.60. The molecule has 2 atom stereocenters. The second-order valence-electron chi connectivity index (χ2n) is 4.78. The van der Waals surface area contributed by atoms with Crippen LogP contribution in [0.5, 0.6) is 0 Å². The van der Waals surface area contributed by atoms with Crippen LogP contribution >= 0.6 is 0 Å². The van der Waals surface area contributed by atoms with Crippen molar-refractivity contribution in [3.05, 3.63) is 29.8 Å². The Hall–Kier alpha value is -1.55. The molecule has 2 rings (SSSR count). The molecule has 1 amide bonds. The molecular weight excluding hydrogens is 228 g/mol. The maximum Gasteiger partial charge on any atom is 0.245 e. The molecule has 1 saturated heterocycles. The van der Waals surface area contributed by atoms with Crippen molar-refractivity contribution in [1.29, 1.82) is 0 Å². The van der Waals surface area contributed by atoms with E-state index in [1.165, 1.54) is 5.56 Å². The normalized spacial score (nSPS) is 23.9. The van der Waals surface area contributed by atoms with Crippen LogP contribution in [-0.2, 0) is 11.2 Å². The predicted octanol–water partition coefficient (Wildman–Crippen LogP) is 0.935. The van der Waals surface area contributed by atoms with Gasteiger partial charge in [0, 0.05) is 18.3 Å². The lowest BCUT2D eigenvalue weighted by atomic mass is 10.1. The Morgan fingerprint density at radius 2 is 2.06 bits per heavy atom. The van der Waals surface area contributed by atoms with Crippen LogP contribution in [0.3, 0.4) is 0 Å². The highest BCUT2D eigenvalue weighted by atomic mass is 16.3. The molecule has 1 aliphatic rings. The molecule has 0 aromatic heterocycles. The third kappa shape index (κ3) is 2.48. The summed E-state index contributed by atoms with van der Waals surface area (Å²) in [4.78, 5) is 13.8. The maximum atomic E-state index is 11.8. The number of amides is 1. The summed E-state index contributed by atoms with van der Waals surface area (Å²) in [6.07, 6.45) is 1.00. The SMILES string of the molecule is CCc1ccc(N2CC(C)NC(=O)C2CO)cc1. The number of hydrogen-bond acceptors (Lipinski definition) is 3. The fraction of sp³-hybridized carbons (Fsp3) is 0.500. The van der Waals surface area contributed by atoms with Gasteiger partial charge in [-0.3, -0.25) is 4.79 Å². The minimum atomic E-state index is -0.478. The highest BCUT2D eigenvalue weighted by Gasteiger charge is 2.32. The molecule has 2 N–H and O–H groups in total. The summed E-state index contributed by atoms with van der Waals surface area (Å²) < 4.78 is 0. The highest BCUT2D eigenvalue weighted by Crippen LogP contribution is 2.21. The van der Waals surface area contributed by atoms with E-state index in [4.69, 9.17) is 0 Å². The van der Waals surface area contributed by atoms with Crippen LogP contribution < -0.4 is 10.2 Å². The Morgan fingerprint density at radius 3 is 2.61 bits per heavy atom. The summed E-state index contributed by atoms with van der Waals surface area (Å²) in [6.45, 7) is 4.65. The number of aryl methyl sites for hydroxylation is 1. The first-order chi connectivity index (χ1) is 8.65. The molecule has 0 bridgehead atoms. The monoisotopic (exact) mass is 248 g/mol. The highest BCUT2D eigenvalue weighted by molar-refractivity contribution is 5.87. The van der Waals surface area contributed by atoms with Crippen LogP contribution in [0.15, 0.2) is 24.3 Å². The number of anilines is 1. The number of benzene rings is 1. The van der Waals surface area contributed by atoms with E-state index >= 15 is 0 Å². The van der Waals surface area contributed by atoms with E-state index in [-0.39, 0.29) is 18.6 Å². The Morgan fingerprint density at radius 1 is 1.39 bits per heavy atom. The molecule has 0 spiro atoms. The zero-order chi connectivity index (χ0) is 13.1. The van der Waals surface area contributed by atoms with Crippen molar-refractivity contribution in [3.63, 3.8) is 0 Å². The number of nitrogens with zero attached hydrogens (tertiary/aromatic N) is 1. The average molecular weight is 248 g/mol. The van der Waals surface area contributed by atoms with Crippen LogP contribution in [0.2, 0.25) is 0 Å². The van der Waals surface area contributed by atoms with Crippen molar-refractivity contribution >= 4 is 11.6 Å². The fourth-order valence-electron chi connectivity index (χ4n) is 2.34. The quantitative estimate of drug-likeness (QED) is 0.837. The summed E-state index contributed by atoms with van der Waals surface area (Å²) in [5, 5.41) is 12.2. The van der Waals surface area contributed by atoms with Gasteiger partial charge in [0.25, 0.3) is 0 Å². The first-order valence-electron chi connectivity index (χ1n) is 6.42. The summed E-state index contributed by atoms with van der Waals surface area (Å²) in [5.74, 6) is -0.101. The maximum absolute atomic E-state index is 11.8.